The number of aromatic nitrogens is 2. The van der Waals surface area contributed by atoms with Gasteiger partial charge in [0.2, 0.25) is 0 Å². The van der Waals surface area contributed by atoms with Crippen molar-refractivity contribution in [2.75, 3.05) is 31.2 Å². The number of anilines is 1. The Morgan fingerprint density at radius 1 is 1.27 bits per heavy atom. The van der Waals surface area contributed by atoms with Crippen LogP contribution in [0.5, 0.6) is 0 Å². The van der Waals surface area contributed by atoms with E-state index in [2.05, 4.69) is 15.2 Å². The van der Waals surface area contributed by atoms with E-state index in [9.17, 15) is 9.59 Å². The van der Waals surface area contributed by atoms with Crippen molar-refractivity contribution in [1.29, 1.82) is 0 Å². The second kappa shape index (κ2) is 7.00. The molecule has 3 aliphatic rings. The molecule has 0 spiro atoms. The lowest BCUT2D eigenvalue weighted by molar-refractivity contribution is -0.138. The maximum atomic E-state index is 11.5. The molecule has 0 bridgehead atoms. The van der Waals surface area contributed by atoms with Gasteiger partial charge in [-0.1, -0.05) is 11.6 Å². The Morgan fingerprint density at radius 2 is 2.04 bits per heavy atom. The van der Waals surface area contributed by atoms with Gasteiger partial charge in [0, 0.05) is 50.2 Å². The number of nitrogens with zero attached hydrogens (tertiary/aromatic N) is 3. The van der Waals surface area contributed by atoms with Gasteiger partial charge in [0.15, 0.2) is 0 Å². The summed E-state index contributed by atoms with van der Waals surface area (Å²) in [5.74, 6) is 1.04. The zero-order valence-corrected chi connectivity index (χ0v) is 15.1. The molecule has 1 aromatic rings. The van der Waals surface area contributed by atoms with Crippen LogP contribution in [0, 0.1) is 11.8 Å². The Bertz CT molecular complexity index is 724. The van der Waals surface area contributed by atoms with Crippen molar-refractivity contribution in [1.82, 2.24) is 15.3 Å². The topological polar surface area (TPSA) is 110 Å². The molecule has 3 unspecified atom stereocenters. The molecule has 140 valence electrons. The van der Waals surface area contributed by atoms with Crippen LogP contribution in [0.1, 0.15) is 31.0 Å². The van der Waals surface area contributed by atoms with Crippen LogP contribution >= 0.6 is 11.6 Å². The Kier molecular flexibility index (Phi) is 4.71. The summed E-state index contributed by atoms with van der Waals surface area (Å²) in [6.07, 6.45) is 2.67. The van der Waals surface area contributed by atoms with E-state index in [1.165, 1.54) is 0 Å². The van der Waals surface area contributed by atoms with Crippen LogP contribution in [-0.2, 0) is 14.3 Å². The average Bonchev–Trinajstić information content (AvgIpc) is 2.97. The largest absolute Gasteiger partial charge is 0.381 e. The molecule has 1 aliphatic carbocycles. The van der Waals surface area contributed by atoms with Gasteiger partial charge < -0.3 is 20.7 Å². The monoisotopic (exact) mass is 379 g/mol. The maximum absolute atomic E-state index is 11.5. The first kappa shape index (κ1) is 17.5. The average molecular weight is 380 g/mol. The van der Waals surface area contributed by atoms with E-state index in [1.54, 1.807) is 6.07 Å². The smallest absolute Gasteiger partial charge is 0.309 e. The highest BCUT2D eigenvalue weighted by molar-refractivity contribution is 6.34. The molecule has 3 heterocycles. The minimum Gasteiger partial charge on any atom is -0.381 e. The molecule has 0 aromatic carbocycles. The van der Waals surface area contributed by atoms with Crippen LogP contribution < -0.4 is 16.0 Å². The minimum atomic E-state index is -0.938. The number of carbonyl (C=O) groups excluding carboxylic acids is 2. The van der Waals surface area contributed by atoms with Gasteiger partial charge in [-0.15, -0.1) is 0 Å². The van der Waals surface area contributed by atoms with Crippen LogP contribution in [0.3, 0.4) is 0 Å². The molecule has 2 amide bonds. The summed E-state index contributed by atoms with van der Waals surface area (Å²) in [6.45, 7) is 3.10. The van der Waals surface area contributed by atoms with E-state index >= 15 is 0 Å². The van der Waals surface area contributed by atoms with E-state index in [1.807, 2.05) is 0 Å². The molecule has 3 atom stereocenters. The zero-order chi connectivity index (χ0) is 18.3. The fraction of sp³-hybridized carbons (Fsp3) is 0.647. The molecule has 1 saturated carbocycles. The summed E-state index contributed by atoms with van der Waals surface area (Å²) in [5, 5.41) is 3.17. The first-order chi connectivity index (χ1) is 12.5. The normalized spacial score (nSPS) is 28.3. The highest BCUT2D eigenvalue weighted by atomic mass is 35.5. The third kappa shape index (κ3) is 3.35. The highest BCUT2D eigenvalue weighted by Crippen LogP contribution is 2.42. The third-order valence-corrected chi connectivity index (χ3v) is 5.91. The van der Waals surface area contributed by atoms with Gasteiger partial charge in [0.25, 0.3) is 0 Å². The summed E-state index contributed by atoms with van der Waals surface area (Å²) < 4.78 is 5.41. The molecule has 1 aromatic heterocycles. The van der Waals surface area contributed by atoms with Gasteiger partial charge in [0.1, 0.15) is 16.8 Å². The van der Waals surface area contributed by atoms with Crippen molar-refractivity contribution in [3.63, 3.8) is 0 Å². The van der Waals surface area contributed by atoms with Gasteiger partial charge >= 0.3 is 11.8 Å². The van der Waals surface area contributed by atoms with E-state index in [0.29, 0.717) is 17.0 Å². The van der Waals surface area contributed by atoms with E-state index in [-0.39, 0.29) is 12.0 Å². The fourth-order valence-corrected chi connectivity index (χ4v) is 4.41. The maximum Gasteiger partial charge on any atom is 0.309 e. The van der Waals surface area contributed by atoms with Crippen molar-refractivity contribution in [2.45, 2.75) is 31.2 Å². The van der Waals surface area contributed by atoms with Crippen molar-refractivity contribution in [2.24, 2.45) is 17.6 Å². The molecular weight excluding hydrogens is 358 g/mol. The van der Waals surface area contributed by atoms with Gasteiger partial charge in [0.05, 0.1) is 0 Å². The molecule has 2 aliphatic heterocycles. The second-order valence-corrected chi connectivity index (χ2v) is 7.69. The number of ether oxygens (including phenoxy) is 1. The summed E-state index contributed by atoms with van der Waals surface area (Å²) >= 11 is 6.25. The van der Waals surface area contributed by atoms with Gasteiger partial charge in [-0.25, -0.2) is 9.97 Å². The number of primary amides is 1. The van der Waals surface area contributed by atoms with Crippen molar-refractivity contribution >= 4 is 29.2 Å². The number of nitrogens with two attached hydrogens (primary N) is 1. The second-order valence-electron chi connectivity index (χ2n) is 7.30. The predicted octanol–water partition coefficient (Wildman–Crippen LogP) is 0.450. The summed E-state index contributed by atoms with van der Waals surface area (Å²) in [6, 6.07) is 1.80. The number of rotatable bonds is 3. The first-order valence-electron chi connectivity index (χ1n) is 8.98. The number of hydrogen-bond donors (Lipinski definition) is 2. The Morgan fingerprint density at radius 3 is 2.77 bits per heavy atom. The number of carbonyl (C=O) groups is 2. The molecule has 3 N–H and O–H groups in total. The van der Waals surface area contributed by atoms with Gasteiger partial charge in [-0.05, 0) is 25.2 Å². The van der Waals surface area contributed by atoms with E-state index in [4.69, 9.17) is 27.1 Å². The number of nitrogens with one attached hydrogen (secondary N) is 1. The number of amides is 2. The quantitative estimate of drug-likeness (QED) is 0.582. The SMILES string of the molecule is NC(=O)C(=O)NC1CC2CN(c3cc(Cl)nc(C4CCOCC4)n3)CC21. The standard InChI is InChI=1S/C17H22ClN5O3/c18-13-6-14(22-16(21-13)9-1-3-26-4-2-9)23-7-10-5-12(11(10)8-23)20-17(25)15(19)24/h6,9-12H,1-5,7-8H2,(H2,19,24)(H,20,25). The molecule has 26 heavy (non-hydrogen) atoms. The lowest BCUT2D eigenvalue weighted by Crippen LogP contribution is -2.54. The van der Waals surface area contributed by atoms with Crippen LogP contribution in [-0.4, -0.2) is 54.1 Å². The third-order valence-electron chi connectivity index (χ3n) is 5.71. The van der Waals surface area contributed by atoms with Crippen molar-refractivity contribution in [3.05, 3.63) is 17.0 Å². The van der Waals surface area contributed by atoms with Crippen molar-refractivity contribution in [3.8, 4) is 0 Å². The van der Waals surface area contributed by atoms with Gasteiger partial charge in [-0.2, -0.15) is 0 Å². The summed E-state index contributed by atoms with van der Waals surface area (Å²) in [4.78, 5) is 33.8. The van der Waals surface area contributed by atoms with Crippen LogP contribution in [0.2, 0.25) is 5.15 Å². The molecule has 2 saturated heterocycles. The van der Waals surface area contributed by atoms with E-state index < -0.39 is 11.8 Å². The molecule has 9 heteroatoms. The molecule has 0 radical (unpaired) electrons. The minimum absolute atomic E-state index is 0.00253. The number of fused-ring (bicyclic) bond motifs is 1. The van der Waals surface area contributed by atoms with Crippen molar-refractivity contribution < 1.29 is 14.3 Å². The molecule has 4 rings (SSSR count). The fourth-order valence-electron chi connectivity index (χ4n) is 4.22. The molecule has 3 fully saturated rings. The zero-order valence-electron chi connectivity index (χ0n) is 14.4. The Hall–Kier alpha value is -1.93. The van der Waals surface area contributed by atoms with Crippen LogP contribution in [0.15, 0.2) is 6.07 Å². The lowest BCUT2D eigenvalue weighted by atomic mass is 9.71. The molecule has 8 nitrogen and oxygen atoms in total. The predicted molar refractivity (Wildman–Crippen MR) is 94.8 cm³/mol. The van der Waals surface area contributed by atoms with Gasteiger partial charge in [-0.3, -0.25) is 9.59 Å². The lowest BCUT2D eigenvalue weighted by Gasteiger charge is -2.39. The summed E-state index contributed by atoms with van der Waals surface area (Å²) in [7, 11) is 0. The Balaban J connectivity index is 1.45. The molecular formula is C17H22ClN5O3. The summed E-state index contributed by atoms with van der Waals surface area (Å²) in [5.41, 5.74) is 5.02. The first-order valence-corrected chi connectivity index (χ1v) is 9.36. The number of hydrogen-bond acceptors (Lipinski definition) is 6. The van der Waals surface area contributed by atoms with Crippen LogP contribution in [0.25, 0.3) is 0 Å². The van der Waals surface area contributed by atoms with E-state index in [0.717, 1.165) is 57.2 Å². The number of halogens is 1. The van der Waals surface area contributed by atoms with Crippen LogP contribution in [0.4, 0.5) is 5.82 Å². The Labute approximate surface area is 156 Å². The highest BCUT2D eigenvalue weighted by Gasteiger charge is 2.48.